The Morgan fingerprint density at radius 3 is 2.93 bits per heavy atom. The number of hydrogen-bond donors (Lipinski definition) is 1. The zero-order chi connectivity index (χ0) is 19.9. The molecule has 2 aliphatic carbocycles. The highest BCUT2D eigenvalue weighted by atomic mass is 19.1. The van der Waals surface area contributed by atoms with Crippen LogP contribution in [-0.2, 0) is 19.4 Å². The first-order valence-electron chi connectivity index (χ1n) is 10.1. The lowest BCUT2D eigenvalue weighted by Gasteiger charge is -2.34. The van der Waals surface area contributed by atoms with Crippen LogP contribution in [-0.4, -0.2) is 43.9 Å². The highest BCUT2D eigenvalue weighted by Crippen LogP contribution is 2.46. The second-order valence-corrected chi connectivity index (χ2v) is 8.71. The highest BCUT2D eigenvalue weighted by molar-refractivity contribution is 6.01. The van der Waals surface area contributed by atoms with Crippen molar-refractivity contribution in [3.63, 3.8) is 0 Å². The smallest absolute Gasteiger partial charge is 0.272 e. The molecule has 1 saturated carbocycles. The predicted octanol–water partition coefficient (Wildman–Crippen LogP) is 3.11. The van der Waals surface area contributed by atoms with E-state index in [1.807, 2.05) is 16.6 Å². The van der Waals surface area contributed by atoms with E-state index in [0.29, 0.717) is 41.6 Å². The Bertz CT molecular complexity index is 1200. The first-order valence-corrected chi connectivity index (χ1v) is 10.1. The number of aromatic amines is 1. The maximum absolute atomic E-state index is 14.0. The van der Waals surface area contributed by atoms with Crippen LogP contribution in [0.4, 0.5) is 4.39 Å². The second kappa shape index (κ2) is 5.55. The van der Waals surface area contributed by atoms with Gasteiger partial charge in [-0.25, -0.2) is 4.39 Å². The van der Waals surface area contributed by atoms with E-state index in [0.717, 1.165) is 30.6 Å². The molecule has 1 unspecified atom stereocenters. The third kappa shape index (κ3) is 2.30. The molecule has 2 aromatic heterocycles. The number of amides is 1. The van der Waals surface area contributed by atoms with Crippen molar-refractivity contribution < 1.29 is 14.0 Å². The number of likely N-dealkylation sites (N-methyl/N-ethyl adjacent to an activating group) is 1. The van der Waals surface area contributed by atoms with Crippen LogP contribution in [0.5, 0.6) is 0 Å². The monoisotopic (exact) mass is 392 g/mol. The van der Waals surface area contributed by atoms with Crippen molar-refractivity contribution in [3.05, 3.63) is 52.7 Å². The lowest BCUT2D eigenvalue weighted by atomic mass is 9.82. The molecular weight excluding hydrogens is 371 g/mol. The molecule has 1 spiro atoms. The summed E-state index contributed by atoms with van der Waals surface area (Å²) in [6, 6.07) is 6.39. The SMILES string of the molecule is CN1C(=O)c2c3c(nn2CC12CC2)CCC(C(=O)c1cc2c(F)cccc2[nH]1)C3. The van der Waals surface area contributed by atoms with Crippen molar-refractivity contribution in [2.75, 3.05) is 7.05 Å². The molecule has 3 heterocycles. The third-order valence-electron chi connectivity index (χ3n) is 7.05. The molecule has 1 fully saturated rings. The van der Waals surface area contributed by atoms with Gasteiger partial charge in [0.15, 0.2) is 5.78 Å². The van der Waals surface area contributed by atoms with Crippen LogP contribution in [0.3, 0.4) is 0 Å². The number of H-pyrrole nitrogens is 1. The molecule has 1 N–H and O–H groups in total. The van der Waals surface area contributed by atoms with Crippen molar-refractivity contribution >= 4 is 22.6 Å². The summed E-state index contributed by atoms with van der Waals surface area (Å²) in [6.45, 7) is 0.748. The maximum atomic E-state index is 14.0. The van der Waals surface area contributed by atoms with Gasteiger partial charge >= 0.3 is 0 Å². The zero-order valence-electron chi connectivity index (χ0n) is 16.2. The average Bonchev–Trinajstić information content (AvgIpc) is 3.19. The van der Waals surface area contributed by atoms with Crippen LogP contribution < -0.4 is 0 Å². The van der Waals surface area contributed by atoms with Gasteiger partial charge in [0.2, 0.25) is 0 Å². The molecule has 7 heteroatoms. The van der Waals surface area contributed by atoms with Crippen LogP contribution in [0.15, 0.2) is 24.3 Å². The fourth-order valence-electron chi connectivity index (χ4n) is 5.07. The molecule has 1 amide bonds. The number of nitrogens with one attached hydrogen (secondary N) is 1. The summed E-state index contributed by atoms with van der Waals surface area (Å²) in [5, 5.41) is 5.16. The minimum absolute atomic E-state index is 0.0169. The number of rotatable bonds is 2. The van der Waals surface area contributed by atoms with Crippen LogP contribution in [0.2, 0.25) is 0 Å². The van der Waals surface area contributed by atoms with E-state index in [1.54, 1.807) is 18.2 Å². The summed E-state index contributed by atoms with van der Waals surface area (Å²) in [6.07, 6.45) is 3.93. The van der Waals surface area contributed by atoms with Crippen LogP contribution in [0.25, 0.3) is 10.9 Å². The number of aromatic nitrogens is 3. The molecule has 0 saturated heterocycles. The Morgan fingerprint density at radius 1 is 1.34 bits per heavy atom. The second-order valence-electron chi connectivity index (χ2n) is 8.71. The highest BCUT2D eigenvalue weighted by Gasteiger charge is 2.53. The standard InChI is InChI=1S/C22H21FN4O2/c1-26-21(29)19-14-9-12(5-6-17(14)25-27(19)11-22(26)7-8-22)20(28)18-10-13-15(23)3-2-4-16(13)24-18/h2-4,10,12,24H,5-9,11H2,1H3. The van der Waals surface area contributed by atoms with Crippen molar-refractivity contribution in [1.29, 1.82) is 0 Å². The fourth-order valence-corrected chi connectivity index (χ4v) is 5.07. The number of halogens is 1. The zero-order valence-corrected chi connectivity index (χ0v) is 16.2. The van der Waals surface area contributed by atoms with E-state index in [-0.39, 0.29) is 29.0 Å². The molecule has 6 rings (SSSR count). The number of aryl methyl sites for hydroxylation is 1. The quantitative estimate of drug-likeness (QED) is 0.681. The molecule has 6 nitrogen and oxygen atoms in total. The Hall–Kier alpha value is -2.96. The molecule has 0 radical (unpaired) electrons. The van der Waals surface area contributed by atoms with E-state index in [1.165, 1.54) is 6.07 Å². The van der Waals surface area contributed by atoms with Crippen LogP contribution >= 0.6 is 0 Å². The Balaban J connectivity index is 1.34. The van der Waals surface area contributed by atoms with Crippen molar-refractivity contribution in [1.82, 2.24) is 19.7 Å². The van der Waals surface area contributed by atoms with E-state index >= 15 is 0 Å². The number of Topliss-reactive ketones (excluding diaryl/α,β-unsaturated/α-hetero) is 1. The molecule has 1 aromatic carbocycles. The van der Waals surface area contributed by atoms with Gasteiger partial charge in [0.25, 0.3) is 5.91 Å². The number of hydrogen-bond acceptors (Lipinski definition) is 3. The first-order chi connectivity index (χ1) is 14.0. The fraction of sp³-hybridized carbons (Fsp3) is 0.409. The Kier molecular flexibility index (Phi) is 3.25. The molecule has 1 aliphatic heterocycles. The number of ketones is 1. The normalized spacial score (nSPS) is 22.1. The Morgan fingerprint density at radius 2 is 2.17 bits per heavy atom. The lowest BCUT2D eigenvalue weighted by Crippen LogP contribution is -2.48. The van der Waals surface area contributed by atoms with Crippen molar-refractivity contribution in [2.24, 2.45) is 5.92 Å². The number of nitrogens with zero attached hydrogens (tertiary/aromatic N) is 3. The number of carbonyl (C=O) groups is 2. The molecule has 3 aromatic rings. The summed E-state index contributed by atoms with van der Waals surface area (Å²) in [7, 11) is 1.88. The minimum Gasteiger partial charge on any atom is -0.352 e. The van der Waals surface area contributed by atoms with E-state index in [9.17, 15) is 14.0 Å². The number of benzene rings is 1. The summed E-state index contributed by atoms with van der Waals surface area (Å²) < 4.78 is 15.9. The molecular formula is C22H21FN4O2. The van der Waals surface area contributed by atoms with E-state index in [4.69, 9.17) is 5.10 Å². The maximum Gasteiger partial charge on any atom is 0.272 e. The topological polar surface area (TPSA) is 71.0 Å². The van der Waals surface area contributed by atoms with Gasteiger partial charge in [0.05, 0.1) is 23.5 Å². The third-order valence-corrected chi connectivity index (χ3v) is 7.05. The van der Waals surface area contributed by atoms with Gasteiger partial charge in [0, 0.05) is 29.4 Å². The summed E-state index contributed by atoms with van der Waals surface area (Å²) in [5.74, 6) is -0.579. The largest absolute Gasteiger partial charge is 0.352 e. The molecule has 3 aliphatic rings. The van der Waals surface area contributed by atoms with E-state index < -0.39 is 0 Å². The van der Waals surface area contributed by atoms with Gasteiger partial charge in [-0.05, 0) is 50.3 Å². The van der Waals surface area contributed by atoms with Gasteiger partial charge in [0.1, 0.15) is 11.5 Å². The summed E-state index contributed by atoms with van der Waals surface area (Å²) in [4.78, 5) is 31.1. The van der Waals surface area contributed by atoms with Gasteiger partial charge in [-0.1, -0.05) is 6.07 Å². The van der Waals surface area contributed by atoms with Gasteiger partial charge in [-0.2, -0.15) is 5.10 Å². The molecule has 0 bridgehead atoms. The van der Waals surface area contributed by atoms with Gasteiger partial charge in [-0.15, -0.1) is 0 Å². The lowest BCUT2D eigenvalue weighted by molar-refractivity contribution is 0.0609. The number of fused-ring (bicyclic) bond motifs is 4. The molecule has 29 heavy (non-hydrogen) atoms. The number of carbonyl (C=O) groups excluding carboxylic acids is 2. The summed E-state index contributed by atoms with van der Waals surface area (Å²) in [5.41, 5.74) is 3.53. The van der Waals surface area contributed by atoms with Crippen LogP contribution in [0.1, 0.15) is 51.5 Å². The first kappa shape index (κ1) is 16.9. The minimum atomic E-state index is -0.336. The van der Waals surface area contributed by atoms with Gasteiger partial charge < -0.3 is 9.88 Å². The van der Waals surface area contributed by atoms with Gasteiger partial charge in [-0.3, -0.25) is 14.3 Å². The Labute approximate surface area is 166 Å². The molecule has 148 valence electrons. The summed E-state index contributed by atoms with van der Waals surface area (Å²) >= 11 is 0. The predicted molar refractivity (Wildman–Crippen MR) is 104 cm³/mol. The van der Waals surface area contributed by atoms with E-state index in [2.05, 4.69) is 4.98 Å². The average molecular weight is 392 g/mol. The van der Waals surface area contributed by atoms with Crippen molar-refractivity contribution in [2.45, 2.75) is 44.2 Å². The van der Waals surface area contributed by atoms with Crippen molar-refractivity contribution in [3.8, 4) is 0 Å². The van der Waals surface area contributed by atoms with Crippen LogP contribution in [0, 0.1) is 11.7 Å². The molecule has 1 atom stereocenters.